The van der Waals surface area contributed by atoms with Crippen molar-refractivity contribution in [2.45, 2.75) is 45.2 Å². The molecular weight excluding hydrogens is 278 g/mol. The van der Waals surface area contributed by atoms with Gasteiger partial charge in [0.15, 0.2) is 5.96 Å². The van der Waals surface area contributed by atoms with E-state index in [1.807, 2.05) is 7.05 Å². The summed E-state index contributed by atoms with van der Waals surface area (Å²) in [6.07, 6.45) is 2.31. The number of hydrogen-bond acceptors (Lipinski definition) is 4. The van der Waals surface area contributed by atoms with E-state index in [0.717, 1.165) is 58.1 Å². The topological polar surface area (TPSA) is 60.9 Å². The third-order valence-electron chi connectivity index (χ3n) is 3.84. The second kappa shape index (κ2) is 10.0. The Kier molecular flexibility index (Phi) is 8.75. The lowest BCUT2D eigenvalue weighted by Gasteiger charge is -2.33. The molecule has 3 N–H and O–H groups in total. The molecule has 1 rings (SSSR count). The SMILES string of the molecule is CN=C(NCCNC(C)(C)C)NC1CCN(CCOC)CC1. The molecule has 0 aliphatic carbocycles. The first kappa shape index (κ1) is 19.2. The molecule has 6 heteroatoms. The van der Waals surface area contributed by atoms with Crippen molar-refractivity contribution in [3.8, 4) is 0 Å². The van der Waals surface area contributed by atoms with E-state index < -0.39 is 0 Å². The van der Waals surface area contributed by atoms with Crippen molar-refractivity contribution in [3.63, 3.8) is 0 Å². The van der Waals surface area contributed by atoms with Crippen molar-refractivity contribution in [3.05, 3.63) is 0 Å². The van der Waals surface area contributed by atoms with E-state index in [1.54, 1.807) is 7.11 Å². The van der Waals surface area contributed by atoms with E-state index in [1.165, 1.54) is 0 Å². The summed E-state index contributed by atoms with van der Waals surface area (Å²) in [5.41, 5.74) is 0.160. The average Bonchev–Trinajstić information content (AvgIpc) is 2.48. The van der Waals surface area contributed by atoms with Gasteiger partial charge in [-0.15, -0.1) is 0 Å². The first-order valence-electron chi connectivity index (χ1n) is 8.38. The summed E-state index contributed by atoms with van der Waals surface area (Å²) in [4.78, 5) is 6.78. The van der Waals surface area contributed by atoms with E-state index in [2.05, 4.69) is 46.6 Å². The molecule has 22 heavy (non-hydrogen) atoms. The van der Waals surface area contributed by atoms with Crippen molar-refractivity contribution < 1.29 is 4.74 Å². The lowest BCUT2D eigenvalue weighted by atomic mass is 10.1. The van der Waals surface area contributed by atoms with E-state index >= 15 is 0 Å². The van der Waals surface area contributed by atoms with Crippen LogP contribution in [0.25, 0.3) is 0 Å². The lowest BCUT2D eigenvalue weighted by molar-refractivity contribution is 0.128. The first-order valence-corrected chi connectivity index (χ1v) is 8.38. The second-order valence-electron chi connectivity index (χ2n) is 6.93. The van der Waals surface area contributed by atoms with Crippen molar-refractivity contribution in [1.29, 1.82) is 0 Å². The fourth-order valence-electron chi connectivity index (χ4n) is 2.53. The number of ether oxygens (including phenoxy) is 1. The molecule has 1 aliphatic rings. The van der Waals surface area contributed by atoms with Crippen LogP contribution in [0.5, 0.6) is 0 Å². The Hall–Kier alpha value is -0.850. The molecule has 0 radical (unpaired) electrons. The minimum Gasteiger partial charge on any atom is -0.383 e. The summed E-state index contributed by atoms with van der Waals surface area (Å²) in [6, 6.07) is 0.514. The van der Waals surface area contributed by atoms with Crippen LogP contribution in [0.3, 0.4) is 0 Å². The summed E-state index contributed by atoms with van der Waals surface area (Å²) in [7, 11) is 3.60. The van der Waals surface area contributed by atoms with Gasteiger partial charge in [0.25, 0.3) is 0 Å². The molecule has 0 aromatic heterocycles. The minimum absolute atomic E-state index is 0.160. The maximum absolute atomic E-state index is 5.14. The highest BCUT2D eigenvalue weighted by atomic mass is 16.5. The molecule has 0 aromatic carbocycles. The van der Waals surface area contributed by atoms with E-state index in [9.17, 15) is 0 Å². The fraction of sp³-hybridized carbons (Fsp3) is 0.938. The van der Waals surface area contributed by atoms with Gasteiger partial charge in [0, 0.05) is 58.5 Å². The monoisotopic (exact) mass is 313 g/mol. The molecule has 0 atom stereocenters. The van der Waals surface area contributed by atoms with Gasteiger partial charge in [-0.05, 0) is 33.6 Å². The molecule has 130 valence electrons. The normalized spacial score (nSPS) is 18.5. The highest BCUT2D eigenvalue weighted by Crippen LogP contribution is 2.09. The van der Waals surface area contributed by atoms with Gasteiger partial charge in [0.05, 0.1) is 6.61 Å². The third kappa shape index (κ3) is 8.56. The Morgan fingerprint density at radius 1 is 1.23 bits per heavy atom. The Morgan fingerprint density at radius 2 is 1.91 bits per heavy atom. The largest absolute Gasteiger partial charge is 0.383 e. The molecule has 1 fully saturated rings. The van der Waals surface area contributed by atoms with Crippen LogP contribution in [0.15, 0.2) is 4.99 Å². The predicted molar refractivity (Wildman–Crippen MR) is 93.6 cm³/mol. The van der Waals surface area contributed by atoms with Gasteiger partial charge < -0.3 is 25.6 Å². The third-order valence-corrected chi connectivity index (χ3v) is 3.84. The van der Waals surface area contributed by atoms with Gasteiger partial charge in [-0.3, -0.25) is 4.99 Å². The van der Waals surface area contributed by atoms with Gasteiger partial charge in [0.1, 0.15) is 0 Å². The van der Waals surface area contributed by atoms with Gasteiger partial charge in [0.2, 0.25) is 0 Å². The van der Waals surface area contributed by atoms with Crippen molar-refractivity contribution in [2.24, 2.45) is 4.99 Å². The number of nitrogens with zero attached hydrogens (tertiary/aromatic N) is 2. The highest BCUT2D eigenvalue weighted by molar-refractivity contribution is 5.79. The summed E-state index contributed by atoms with van der Waals surface area (Å²) < 4.78 is 5.14. The predicted octanol–water partition coefficient (Wildman–Crippen LogP) is 0.650. The van der Waals surface area contributed by atoms with Crippen LogP contribution in [0.2, 0.25) is 0 Å². The van der Waals surface area contributed by atoms with Gasteiger partial charge in [-0.2, -0.15) is 0 Å². The Labute approximate surface area is 136 Å². The maximum atomic E-state index is 5.14. The molecule has 1 saturated heterocycles. The molecule has 0 aromatic rings. The Morgan fingerprint density at radius 3 is 2.45 bits per heavy atom. The number of likely N-dealkylation sites (tertiary alicyclic amines) is 1. The van der Waals surface area contributed by atoms with Crippen LogP contribution < -0.4 is 16.0 Å². The number of hydrogen-bond donors (Lipinski definition) is 3. The molecule has 0 saturated carbocycles. The highest BCUT2D eigenvalue weighted by Gasteiger charge is 2.19. The Bertz CT molecular complexity index is 319. The van der Waals surface area contributed by atoms with E-state index in [4.69, 9.17) is 4.74 Å². The van der Waals surface area contributed by atoms with Crippen LogP contribution >= 0.6 is 0 Å². The molecule has 0 spiro atoms. The van der Waals surface area contributed by atoms with Crippen LogP contribution in [0, 0.1) is 0 Å². The standard InChI is InChI=1S/C16H35N5O/c1-16(2,3)19-9-8-18-15(17-4)20-14-6-10-21(11-7-14)12-13-22-5/h14,19H,6-13H2,1-5H3,(H2,17,18,20). The van der Waals surface area contributed by atoms with Crippen LogP contribution in [-0.4, -0.2) is 75.9 Å². The van der Waals surface area contributed by atoms with Crippen molar-refractivity contribution >= 4 is 5.96 Å². The molecule has 1 heterocycles. The number of piperidine rings is 1. The molecular formula is C16H35N5O. The van der Waals surface area contributed by atoms with Gasteiger partial charge >= 0.3 is 0 Å². The number of methoxy groups -OCH3 is 1. The molecule has 0 bridgehead atoms. The number of guanidine groups is 1. The van der Waals surface area contributed by atoms with Crippen molar-refractivity contribution in [1.82, 2.24) is 20.9 Å². The first-order chi connectivity index (χ1) is 10.4. The number of aliphatic imine (C=N–C) groups is 1. The van der Waals surface area contributed by atoms with Gasteiger partial charge in [-0.1, -0.05) is 0 Å². The summed E-state index contributed by atoms with van der Waals surface area (Å²) in [5.74, 6) is 0.908. The molecule has 0 unspecified atom stereocenters. The number of rotatable bonds is 7. The smallest absolute Gasteiger partial charge is 0.191 e. The fourth-order valence-corrected chi connectivity index (χ4v) is 2.53. The van der Waals surface area contributed by atoms with E-state index in [-0.39, 0.29) is 5.54 Å². The Balaban J connectivity index is 2.19. The van der Waals surface area contributed by atoms with E-state index in [0.29, 0.717) is 6.04 Å². The van der Waals surface area contributed by atoms with Gasteiger partial charge in [-0.25, -0.2) is 0 Å². The molecule has 0 amide bonds. The average molecular weight is 313 g/mol. The molecule has 6 nitrogen and oxygen atoms in total. The zero-order valence-corrected chi connectivity index (χ0v) is 15.0. The van der Waals surface area contributed by atoms with Crippen molar-refractivity contribution in [2.75, 3.05) is 53.5 Å². The van der Waals surface area contributed by atoms with Crippen LogP contribution in [0.1, 0.15) is 33.6 Å². The maximum Gasteiger partial charge on any atom is 0.191 e. The number of nitrogens with one attached hydrogen (secondary N) is 3. The lowest BCUT2D eigenvalue weighted by Crippen LogP contribution is -2.50. The minimum atomic E-state index is 0.160. The zero-order valence-electron chi connectivity index (χ0n) is 15.0. The quantitative estimate of drug-likeness (QED) is 0.366. The molecule has 1 aliphatic heterocycles. The summed E-state index contributed by atoms with van der Waals surface area (Å²) in [6.45, 7) is 12.5. The summed E-state index contributed by atoms with van der Waals surface area (Å²) in [5, 5.41) is 10.4. The second-order valence-corrected chi connectivity index (χ2v) is 6.93. The van der Waals surface area contributed by atoms with Crippen LogP contribution in [0.4, 0.5) is 0 Å². The van der Waals surface area contributed by atoms with Crippen LogP contribution in [-0.2, 0) is 4.74 Å². The zero-order chi connectivity index (χ0) is 16.4. The summed E-state index contributed by atoms with van der Waals surface area (Å²) >= 11 is 0.